The molecule has 0 radical (unpaired) electrons. The van der Waals surface area contributed by atoms with Gasteiger partial charge in [0.2, 0.25) is 5.91 Å². The number of hydrogen-bond acceptors (Lipinski definition) is 3. The third-order valence-corrected chi connectivity index (χ3v) is 5.03. The molecule has 1 N–H and O–H groups in total. The molecular weight excluding hydrogens is 306 g/mol. The fourth-order valence-electron chi connectivity index (χ4n) is 3.60. The lowest BCUT2D eigenvalue weighted by Crippen LogP contribution is -2.45. The second-order valence-corrected chi connectivity index (χ2v) is 6.58. The molecular formula is C18H25N3O3. The number of aromatic nitrogens is 2. The number of rotatable bonds is 4. The standard InChI is InChI=1S/C18H25N3O3/c1-3-20-15-8-4-5-9-16(15)21(18(20)24)12-17(23)19-10-6-7-14(11-19)13(2)22/h4-5,8-9,13-14,22H,3,6-7,10-12H2,1-2H3. The van der Waals surface area contributed by atoms with Crippen LogP contribution in [0, 0.1) is 5.92 Å². The summed E-state index contributed by atoms with van der Waals surface area (Å²) in [6.45, 7) is 5.60. The molecule has 130 valence electrons. The van der Waals surface area contributed by atoms with Crippen LogP contribution in [0.2, 0.25) is 0 Å². The predicted octanol–water partition coefficient (Wildman–Crippen LogP) is 1.44. The van der Waals surface area contributed by atoms with Crippen molar-refractivity contribution in [2.24, 2.45) is 5.92 Å². The lowest BCUT2D eigenvalue weighted by molar-refractivity contribution is -0.134. The zero-order valence-electron chi connectivity index (χ0n) is 14.3. The minimum absolute atomic E-state index is 0.0542. The second-order valence-electron chi connectivity index (χ2n) is 6.58. The monoisotopic (exact) mass is 331 g/mol. The zero-order chi connectivity index (χ0) is 17.3. The first-order valence-corrected chi connectivity index (χ1v) is 8.66. The van der Waals surface area contributed by atoms with E-state index in [2.05, 4.69) is 0 Å². The van der Waals surface area contributed by atoms with Crippen molar-refractivity contribution in [2.45, 2.75) is 45.9 Å². The van der Waals surface area contributed by atoms with Gasteiger partial charge in [-0.05, 0) is 38.8 Å². The van der Waals surface area contributed by atoms with Crippen LogP contribution in [0.3, 0.4) is 0 Å². The number of hydrogen-bond donors (Lipinski definition) is 1. The summed E-state index contributed by atoms with van der Waals surface area (Å²) in [4.78, 5) is 27.1. The Hall–Kier alpha value is -2.08. The van der Waals surface area contributed by atoms with Crippen LogP contribution in [0.4, 0.5) is 0 Å². The van der Waals surface area contributed by atoms with Crippen molar-refractivity contribution in [3.05, 3.63) is 34.7 Å². The Kier molecular flexibility index (Phi) is 4.76. The number of aliphatic hydroxyl groups is 1. The van der Waals surface area contributed by atoms with E-state index in [0.717, 1.165) is 23.9 Å². The van der Waals surface area contributed by atoms with E-state index in [1.54, 1.807) is 21.0 Å². The van der Waals surface area contributed by atoms with Crippen LogP contribution in [0.1, 0.15) is 26.7 Å². The average molecular weight is 331 g/mol. The molecule has 2 atom stereocenters. The van der Waals surface area contributed by atoms with Crippen molar-refractivity contribution in [3.8, 4) is 0 Å². The van der Waals surface area contributed by atoms with Gasteiger partial charge >= 0.3 is 5.69 Å². The molecule has 0 saturated carbocycles. The summed E-state index contributed by atoms with van der Waals surface area (Å²) in [6.07, 6.45) is 1.43. The molecule has 1 saturated heterocycles. The van der Waals surface area contributed by atoms with E-state index >= 15 is 0 Å². The molecule has 1 amide bonds. The molecule has 24 heavy (non-hydrogen) atoms. The highest BCUT2D eigenvalue weighted by Gasteiger charge is 2.27. The van der Waals surface area contributed by atoms with Crippen molar-refractivity contribution in [2.75, 3.05) is 13.1 Å². The number of aliphatic hydroxyl groups excluding tert-OH is 1. The highest BCUT2D eigenvalue weighted by molar-refractivity contribution is 5.81. The van der Waals surface area contributed by atoms with Crippen LogP contribution < -0.4 is 5.69 Å². The molecule has 1 aromatic heterocycles. The highest BCUT2D eigenvalue weighted by atomic mass is 16.3. The molecule has 0 aliphatic carbocycles. The van der Waals surface area contributed by atoms with Gasteiger partial charge in [-0.1, -0.05) is 12.1 Å². The Labute approximate surface area is 141 Å². The third kappa shape index (κ3) is 2.98. The van der Waals surface area contributed by atoms with Crippen LogP contribution in [0.15, 0.2) is 29.1 Å². The SMILES string of the molecule is CCn1c(=O)n(CC(=O)N2CCCC(C(C)O)C2)c2ccccc21. The molecule has 0 bridgehead atoms. The lowest BCUT2D eigenvalue weighted by Gasteiger charge is -2.34. The van der Waals surface area contributed by atoms with E-state index in [9.17, 15) is 14.7 Å². The summed E-state index contributed by atoms with van der Waals surface area (Å²) in [6, 6.07) is 7.57. The number of nitrogens with zero attached hydrogens (tertiary/aromatic N) is 3. The largest absolute Gasteiger partial charge is 0.393 e. The molecule has 6 heteroatoms. The van der Waals surface area contributed by atoms with Gasteiger partial charge < -0.3 is 10.0 Å². The predicted molar refractivity (Wildman–Crippen MR) is 92.9 cm³/mol. The minimum Gasteiger partial charge on any atom is -0.393 e. The summed E-state index contributed by atoms with van der Waals surface area (Å²) in [5, 5.41) is 9.79. The van der Waals surface area contributed by atoms with Gasteiger partial charge in [-0.15, -0.1) is 0 Å². The van der Waals surface area contributed by atoms with Crippen LogP contribution >= 0.6 is 0 Å². The number of carbonyl (C=O) groups is 1. The van der Waals surface area contributed by atoms with Crippen molar-refractivity contribution in [3.63, 3.8) is 0 Å². The second kappa shape index (κ2) is 6.81. The van der Waals surface area contributed by atoms with E-state index in [-0.39, 0.29) is 24.1 Å². The smallest absolute Gasteiger partial charge is 0.329 e. The van der Waals surface area contributed by atoms with E-state index in [4.69, 9.17) is 0 Å². The first-order chi connectivity index (χ1) is 11.5. The number of fused-ring (bicyclic) bond motifs is 1. The van der Waals surface area contributed by atoms with E-state index in [1.165, 1.54) is 0 Å². The summed E-state index contributed by atoms with van der Waals surface area (Å²) < 4.78 is 3.25. The first-order valence-electron chi connectivity index (χ1n) is 8.66. The quantitative estimate of drug-likeness (QED) is 0.922. The third-order valence-electron chi connectivity index (χ3n) is 5.03. The molecule has 3 rings (SSSR count). The minimum atomic E-state index is -0.412. The number of para-hydroxylation sites is 2. The number of benzene rings is 1. The summed E-state index contributed by atoms with van der Waals surface area (Å²) in [5.41, 5.74) is 1.51. The normalized spacial score (nSPS) is 19.6. The maximum Gasteiger partial charge on any atom is 0.329 e. The molecule has 1 aliphatic rings. The van der Waals surface area contributed by atoms with Crippen LogP contribution in [0.5, 0.6) is 0 Å². The molecule has 6 nitrogen and oxygen atoms in total. The number of imidazole rings is 1. The summed E-state index contributed by atoms with van der Waals surface area (Å²) in [7, 11) is 0. The molecule has 2 unspecified atom stereocenters. The maximum atomic E-state index is 12.7. The van der Waals surface area contributed by atoms with Gasteiger partial charge in [-0.25, -0.2) is 4.79 Å². The Morgan fingerprint density at radius 1 is 1.29 bits per heavy atom. The summed E-state index contributed by atoms with van der Waals surface area (Å²) >= 11 is 0. The molecule has 2 aromatic rings. The van der Waals surface area contributed by atoms with Crippen molar-refractivity contribution < 1.29 is 9.90 Å². The van der Waals surface area contributed by atoms with Gasteiger partial charge in [0.05, 0.1) is 17.1 Å². The van der Waals surface area contributed by atoms with E-state index in [0.29, 0.717) is 19.6 Å². The van der Waals surface area contributed by atoms with Gasteiger partial charge in [0.15, 0.2) is 0 Å². The van der Waals surface area contributed by atoms with Gasteiger partial charge in [-0.3, -0.25) is 13.9 Å². The zero-order valence-corrected chi connectivity index (χ0v) is 14.3. The summed E-state index contributed by atoms with van der Waals surface area (Å²) in [5.74, 6) is 0.0675. The van der Waals surface area contributed by atoms with Crippen LogP contribution in [0.25, 0.3) is 11.0 Å². The number of aryl methyl sites for hydroxylation is 1. The van der Waals surface area contributed by atoms with Crippen LogP contribution in [-0.4, -0.2) is 44.2 Å². The van der Waals surface area contributed by atoms with Gasteiger partial charge in [-0.2, -0.15) is 0 Å². The average Bonchev–Trinajstić information content (AvgIpc) is 2.86. The van der Waals surface area contributed by atoms with E-state index in [1.807, 2.05) is 31.2 Å². The number of amides is 1. The van der Waals surface area contributed by atoms with Gasteiger partial charge in [0.1, 0.15) is 6.54 Å². The Balaban J connectivity index is 1.86. The Morgan fingerprint density at radius 2 is 1.96 bits per heavy atom. The molecule has 1 fully saturated rings. The fraction of sp³-hybridized carbons (Fsp3) is 0.556. The maximum absolute atomic E-state index is 12.7. The molecule has 0 spiro atoms. The highest BCUT2D eigenvalue weighted by Crippen LogP contribution is 2.20. The van der Waals surface area contributed by atoms with Crippen molar-refractivity contribution in [1.29, 1.82) is 0 Å². The number of carbonyl (C=O) groups excluding carboxylic acids is 1. The topological polar surface area (TPSA) is 67.5 Å². The number of likely N-dealkylation sites (tertiary alicyclic amines) is 1. The first kappa shape index (κ1) is 16.8. The van der Waals surface area contributed by atoms with Gasteiger partial charge in [0, 0.05) is 25.6 Å². The van der Waals surface area contributed by atoms with Crippen LogP contribution in [-0.2, 0) is 17.9 Å². The van der Waals surface area contributed by atoms with Crippen molar-refractivity contribution in [1.82, 2.24) is 14.0 Å². The Morgan fingerprint density at radius 3 is 2.58 bits per heavy atom. The van der Waals surface area contributed by atoms with E-state index < -0.39 is 6.10 Å². The van der Waals surface area contributed by atoms with Gasteiger partial charge in [0.25, 0.3) is 0 Å². The fourth-order valence-corrected chi connectivity index (χ4v) is 3.60. The van der Waals surface area contributed by atoms with Crippen molar-refractivity contribution >= 4 is 16.9 Å². The molecule has 1 aromatic carbocycles. The Bertz CT molecular complexity index is 790. The lowest BCUT2D eigenvalue weighted by atomic mass is 9.93. The number of piperidine rings is 1. The molecule has 1 aliphatic heterocycles. The molecule has 2 heterocycles.